The molecular formula is C47H94N2O6P+. The summed E-state index contributed by atoms with van der Waals surface area (Å²) < 4.78 is 23.6. The second kappa shape index (κ2) is 39.4. The first kappa shape index (κ1) is 55.0. The van der Waals surface area contributed by atoms with Gasteiger partial charge in [0.05, 0.1) is 39.9 Å². The highest BCUT2D eigenvalue weighted by Crippen LogP contribution is 2.43. The number of allylic oxidation sites excluding steroid dienone is 3. The van der Waals surface area contributed by atoms with Crippen molar-refractivity contribution in [3.63, 3.8) is 0 Å². The third kappa shape index (κ3) is 41.2. The Kier molecular flexibility index (Phi) is 38.7. The van der Waals surface area contributed by atoms with Gasteiger partial charge in [-0.15, -0.1) is 0 Å². The standard InChI is InChI=1S/C47H93N2O6P/c1-6-8-10-12-14-16-18-20-22-23-24-25-27-28-30-32-34-36-38-40-46(50)45(44-55-56(52,53)54-43-42-49(3,4)5)48-47(51)41-39-37-35-33-31-29-26-21-19-17-15-13-11-9-7-2/h30,32,38,40,45-46,50H,6-29,31,33-37,39,41-44H2,1-5H3,(H-,48,51,52,53)/p+1/b32-30+,40-38+. The molecule has 0 aliphatic carbocycles. The van der Waals surface area contributed by atoms with Crippen LogP contribution in [0.25, 0.3) is 0 Å². The molecule has 0 aromatic carbocycles. The van der Waals surface area contributed by atoms with Gasteiger partial charge in [-0.3, -0.25) is 13.8 Å². The minimum absolute atomic E-state index is 0.0584. The Morgan fingerprint density at radius 1 is 0.589 bits per heavy atom. The van der Waals surface area contributed by atoms with E-state index in [-0.39, 0.29) is 19.1 Å². The number of aliphatic hydroxyl groups excluding tert-OH is 1. The molecule has 0 aliphatic rings. The first-order valence-corrected chi connectivity index (χ1v) is 25.2. The minimum atomic E-state index is -4.34. The maximum Gasteiger partial charge on any atom is 0.472 e. The predicted octanol–water partition coefficient (Wildman–Crippen LogP) is 13.3. The molecular weight excluding hydrogens is 719 g/mol. The zero-order chi connectivity index (χ0) is 41.4. The first-order chi connectivity index (χ1) is 27.0. The van der Waals surface area contributed by atoms with E-state index in [1.54, 1.807) is 6.08 Å². The molecule has 3 unspecified atom stereocenters. The summed E-state index contributed by atoms with van der Waals surface area (Å²) in [6.07, 6.45) is 46.8. The van der Waals surface area contributed by atoms with Crippen molar-refractivity contribution in [2.75, 3.05) is 40.9 Å². The Morgan fingerprint density at radius 3 is 1.43 bits per heavy atom. The fraction of sp³-hybridized carbons (Fsp3) is 0.894. The van der Waals surface area contributed by atoms with Gasteiger partial charge in [-0.25, -0.2) is 4.57 Å². The maximum atomic E-state index is 12.9. The second-order valence-corrected chi connectivity index (χ2v) is 18.9. The molecule has 0 spiro atoms. The molecule has 3 atom stereocenters. The van der Waals surface area contributed by atoms with E-state index >= 15 is 0 Å². The molecule has 3 N–H and O–H groups in total. The fourth-order valence-corrected chi connectivity index (χ4v) is 7.62. The number of aliphatic hydroxyl groups is 1. The molecule has 0 saturated heterocycles. The lowest BCUT2D eigenvalue weighted by atomic mass is 10.0. The quantitative estimate of drug-likeness (QED) is 0.0245. The average molecular weight is 814 g/mol. The van der Waals surface area contributed by atoms with Gasteiger partial charge in [0.2, 0.25) is 5.91 Å². The van der Waals surface area contributed by atoms with Gasteiger partial charge in [0.1, 0.15) is 13.2 Å². The summed E-state index contributed by atoms with van der Waals surface area (Å²) in [6.45, 7) is 4.81. The van der Waals surface area contributed by atoms with E-state index in [0.717, 1.165) is 38.5 Å². The molecule has 9 heteroatoms. The van der Waals surface area contributed by atoms with Gasteiger partial charge in [0.15, 0.2) is 0 Å². The van der Waals surface area contributed by atoms with Gasteiger partial charge in [-0.05, 0) is 32.1 Å². The van der Waals surface area contributed by atoms with E-state index < -0.39 is 20.0 Å². The molecule has 0 radical (unpaired) electrons. The van der Waals surface area contributed by atoms with Crippen LogP contribution in [0.1, 0.15) is 219 Å². The molecule has 0 rings (SSSR count). The first-order valence-electron chi connectivity index (χ1n) is 23.7. The van der Waals surface area contributed by atoms with Crippen LogP contribution in [0.3, 0.4) is 0 Å². The Bertz CT molecular complexity index is 969. The smallest absolute Gasteiger partial charge is 0.387 e. The summed E-state index contributed by atoms with van der Waals surface area (Å²) in [5, 5.41) is 13.8. The van der Waals surface area contributed by atoms with Gasteiger partial charge < -0.3 is 19.8 Å². The molecule has 0 heterocycles. The number of hydrogen-bond acceptors (Lipinski definition) is 5. The molecule has 0 saturated carbocycles. The molecule has 0 bridgehead atoms. The Hall–Kier alpha value is -1.02. The fourth-order valence-electron chi connectivity index (χ4n) is 6.88. The molecule has 332 valence electrons. The molecule has 8 nitrogen and oxygen atoms in total. The number of rotatable bonds is 43. The van der Waals surface area contributed by atoms with Crippen molar-refractivity contribution in [3.8, 4) is 0 Å². The van der Waals surface area contributed by atoms with E-state index in [4.69, 9.17) is 9.05 Å². The molecule has 1 amide bonds. The number of amides is 1. The SMILES string of the molecule is CCCCCCCCCCCCCCC/C=C/CC/C=C/C(O)C(COP(=O)(O)OCC[N+](C)(C)C)NC(=O)CCCCCCCCCCCCCCCCC. The molecule has 56 heavy (non-hydrogen) atoms. The molecule has 0 fully saturated rings. The largest absolute Gasteiger partial charge is 0.472 e. The summed E-state index contributed by atoms with van der Waals surface area (Å²) in [4.78, 5) is 23.1. The van der Waals surface area contributed by atoms with E-state index in [1.165, 1.54) is 161 Å². The topological polar surface area (TPSA) is 105 Å². The van der Waals surface area contributed by atoms with Crippen molar-refractivity contribution in [1.82, 2.24) is 5.32 Å². The van der Waals surface area contributed by atoms with Crippen LogP contribution in [0, 0.1) is 0 Å². The lowest BCUT2D eigenvalue weighted by Gasteiger charge is -2.25. The number of hydrogen-bond donors (Lipinski definition) is 3. The average Bonchev–Trinajstić information content (AvgIpc) is 3.15. The number of carbonyl (C=O) groups excluding carboxylic acids is 1. The number of likely N-dealkylation sites (N-methyl/N-ethyl adjacent to an activating group) is 1. The van der Waals surface area contributed by atoms with E-state index in [2.05, 4.69) is 31.3 Å². The summed E-state index contributed by atoms with van der Waals surface area (Å²) in [6, 6.07) is -0.858. The van der Waals surface area contributed by atoms with Crippen molar-refractivity contribution >= 4 is 13.7 Å². The summed E-state index contributed by atoms with van der Waals surface area (Å²) >= 11 is 0. The van der Waals surface area contributed by atoms with Crippen LogP contribution in [0.15, 0.2) is 24.3 Å². The van der Waals surface area contributed by atoms with Gasteiger partial charge in [-0.2, -0.15) is 0 Å². The number of quaternary nitrogens is 1. The zero-order valence-corrected chi connectivity index (χ0v) is 38.5. The van der Waals surface area contributed by atoms with Gasteiger partial charge in [0.25, 0.3) is 0 Å². The number of nitrogens with zero attached hydrogens (tertiary/aromatic N) is 1. The van der Waals surface area contributed by atoms with Crippen LogP contribution in [0.5, 0.6) is 0 Å². The Labute approximate surface area is 347 Å². The van der Waals surface area contributed by atoms with Gasteiger partial charge in [0, 0.05) is 6.42 Å². The lowest BCUT2D eigenvalue weighted by molar-refractivity contribution is -0.870. The van der Waals surface area contributed by atoms with Crippen molar-refractivity contribution in [2.24, 2.45) is 0 Å². The van der Waals surface area contributed by atoms with Crippen LogP contribution in [-0.4, -0.2) is 73.4 Å². The second-order valence-electron chi connectivity index (χ2n) is 17.5. The number of phosphoric ester groups is 1. The Balaban J connectivity index is 4.41. The van der Waals surface area contributed by atoms with Crippen LogP contribution in [0.4, 0.5) is 0 Å². The van der Waals surface area contributed by atoms with E-state index in [0.29, 0.717) is 17.4 Å². The normalized spacial score (nSPS) is 14.5. The minimum Gasteiger partial charge on any atom is -0.387 e. The van der Waals surface area contributed by atoms with Gasteiger partial charge in [-0.1, -0.05) is 205 Å². The van der Waals surface area contributed by atoms with E-state index in [9.17, 15) is 19.4 Å². The molecule has 0 aromatic heterocycles. The number of nitrogens with one attached hydrogen (secondary N) is 1. The highest BCUT2D eigenvalue weighted by molar-refractivity contribution is 7.47. The third-order valence-corrected chi connectivity index (χ3v) is 11.7. The van der Waals surface area contributed by atoms with Crippen molar-refractivity contribution in [2.45, 2.75) is 231 Å². The zero-order valence-electron chi connectivity index (χ0n) is 37.6. The highest BCUT2D eigenvalue weighted by Gasteiger charge is 2.27. The number of phosphoric acid groups is 1. The number of unbranched alkanes of at least 4 members (excludes halogenated alkanes) is 28. The van der Waals surface area contributed by atoms with Gasteiger partial charge >= 0.3 is 7.82 Å². The lowest BCUT2D eigenvalue weighted by Crippen LogP contribution is -2.45. The van der Waals surface area contributed by atoms with Crippen LogP contribution < -0.4 is 5.32 Å². The third-order valence-electron chi connectivity index (χ3n) is 10.7. The predicted molar refractivity (Wildman–Crippen MR) is 240 cm³/mol. The monoisotopic (exact) mass is 814 g/mol. The molecule has 0 aromatic rings. The summed E-state index contributed by atoms with van der Waals surface area (Å²) in [7, 11) is 1.56. The maximum absolute atomic E-state index is 12.9. The summed E-state index contributed by atoms with van der Waals surface area (Å²) in [5.41, 5.74) is 0. The Morgan fingerprint density at radius 2 is 0.982 bits per heavy atom. The van der Waals surface area contributed by atoms with Crippen LogP contribution in [-0.2, 0) is 18.4 Å². The van der Waals surface area contributed by atoms with E-state index in [1.807, 2.05) is 27.2 Å². The highest BCUT2D eigenvalue weighted by atomic mass is 31.2. The van der Waals surface area contributed by atoms with Crippen molar-refractivity contribution in [3.05, 3.63) is 24.3 Å². The number of carbonyl (C=O) groups is 1. The molecule has 0 aliphatic heterocycles. The van der Waals surface area contributed by atoms with Crippen LogP contribution >= 0.6 is 7.82 Å². The van der Waals surface area contributed by atoms with Crippen molar-refractivity contribution < 1.29 is 32.9 Å². The van der Waals surface area contributed by atoms with Crippen LogP contribution in [0.2, 0.25) is 0 Å². The summed E-state index contributed by atoms with van der Waals surface area (Å²) in [5.74, 6) is -0.185. The van der Waals surface area contributed by atoms with Crippen molar-refractivity contribution in [1.29, 1.82) is 0 Å².